The van der Waals surface area contributed by atoms with Crippen LogP contribution in [0.5, 0.6) is 0 Å². The third kappa shape index (κ3) is 4.80. The first-order chi connectivity index (χ1) is 14.0. The number of amides is 3. The van der Waals surface area contributed by atoms with Crippen LogP contribution in [-0.2, 0) is 11.8 Å². The maximum atomic E-state index is 14.1. The molecule has 0 aliphatic heterocycles. The zero-order valence-electron chi connectivity index (χ0n) is 15.9. The first-order valence-electron chi connectivity index (χ1n) is 8.95. The molecular formula is C20H20FN5O2S. The number of thioether (sulfide) groups is 1. The molecule has 0 radical (unpaired) electrons. The number of imide groups is 1. The first-order valence-corrected chi connectivity index (χ1v) is 9.83. The van der Waals surface area contributed by atoms with Crippen LogP contribution < -0.4 is 10.6 Å². The Hall–Kier alpha value is -3.20. The second-order valence-electron chi connectivity index (χ2n) is 6.10. The molecule has 1 heterocycles. The smallest absolute Gasteiger partial charge is 0.321 e. The topological polar surface area (TPSA) is 88.9 Å². The molecule has 0 spiro atoms. The Morgan fingerprint density at radius 2 is 1.79 bits per heavy atom. The van der Waals surface area contributed by atoms with E-state index < -0.39 is 23.0 Å². The largest absolute Gasteiger partial charge is 0.338 e. The van der Waals surface area contributed by atoms with Gasteiger partial charge in [0.1, 0.15) is 11.1 Å². The number of nitrogens with zero attached hydrogens (tertiary/aromatic N) is 3. The molecule has 1 aromatic heterocycles. The summed E-state index contributed by atoms with van der Waals surface area (Å²) in [6.45, 7) is 2.16. The number of halogens is 1. The Bertz CT molecular complexity index is 1010. The number of rotatable bonds is 6. The summed E-state index contributed by atoms with van der Waals surface area (Å²) in [6.07, 6.45) is 0. The molecule has 0 aliphatic carbocycles. The highest BCUT2D eigenvalue weighted by molar-refractivity contribution is 8.00. The summed E-state index contributed by atoms with van der Waals surface area (Å²) >= 11 is 1.13. The summed E-state index contributed by atoms with van der Waals surface area (Å²) in [4.78, 5) is 24.6. The van der Waals surface area contributed by atoms with Gasteiger partial charge in [0.05, 0.1) is 5.56 Å². The lowest BCUT2D eigenvalue weighted by Crippen LogP contribution is -2.41. The van der Waals surface area contributed by atoms with Crippen LogP contribution in [0, 0.1) is 5.82 Å². The number of nitrogens with one attached hydrogen (secondary N) is 2. The van der Waals surface area contributed by atoms with E-state index in [-0.39, 0.29) is 0 Å². The average Bonchev–Trinajstić information content (AvgIpc) is 3.07. The molecule has 0 aliphatic rings. The molecular weight excluding hydrogens is 393 g/mol. The van der Waals surface area contributed by atoms with Crippen LogP contribution in [0.3, 0.4) is 0 Å². The molecule has 9 heteroatoms. The van der Waals surface area contributed by atoms with Crippen LogP contribution in [0.25, 0.3) is 11.4 Å². The first kappa shape index (κ1) is 20.5. The highest BCUT2D eigenvalue weighted by Crippen LogP contribution is 2.35. The molecule has 3 rings (SSSR count). The number of urea groups is 1. The summed E-state index contributed by atoms with van der Waals surface area (Å²) in [5, 5.41) is 12.8. The molecule has 1 atom stereocenters. The predicted molar refractivity (Wildman–Crippen MR) is 109 cm³/mol. The minimum Gasteiger partial charge on any atom is -0.338 e. The van der Waals surface area contributed by atoms with Gasteiger partial charge < -0.3 is 9.88 Å². The number of aromatic nitrogens is 3. The number of hydrogen-bond donors (Lipinski definition) is 2. The lowest BCUT2D eigenvalue weighted by Gasteiger charge is -2.16. The van der Waals surface area contributed by atoms with Crippen LogP contribution in [0.2, 0.25) is 0 Å². The van der Waals surface area contributed by atoms with E-state index in [4.69, 9.17) is 0 Å². The van der Waals surface area contributed by atoms with Crippen LogP contribution >= 0.6 is 11.8 Å². The predicted octanol–water partition coefficient (Wildman–Crippen LogP) is 3.30. The molecule has 2 aromatic carbocycles. The lowest BCUT2D eigenvalue weighted by atomic mass is 10.1. The third-order valence-corrected chi connectivity index (χ3v) is 5.38. The number of carbonyl (C=O) groups excluding carboxylic acids is 2. The molecule has 0 unspecified atom stereocenters. The van der Waals surface area contributed by atoms with Gasteiger partial charge in [0.15, 0.2) is 11.0 Å². The van der Waals surface area contributed by atoms with E-state index in [1.54, 1.807) is 48.9 Å². The Morgan fingerprint density at radius 3 is 2.48 bits per heavy atom. The zero-order valence-corrected chi connectivity index (χ0v) is 16.7. The fraction of sp³-hybridized carbons (Fsp3) is 0.200. The molecule has 0 saturated heterocycles. The van der Waals surface area contributed by atoms with Crippen molar-refractivity contribution in [3.05, 3.63) is 66.0 Å². The molecule has 3 amide bonds. The summed E-state index contributed by atoms with van der Waals surface area (Å²) in [7, 11) is 1.70. The van der Waals surface area contributed by atoms with Crippen molar-refractivity contribution >= 4 is 23.7 Å². The fourth-order valence-corrected chi connectivity index (χ4v) is 3.69. The second-order valence-corrected chi connectivity index (χ2v) is 7.17. The van der Waals surface area contributed by atoms with E-state index in [1.165, 1.54) is 6.07 Å². The molecule has 29 heavy (non-hydrogen) atoms. The quantitative estimate of drug-likeness (QED) is 0.606. The highest BCUT2D eigenvalue weighted by atomic mass is 32.2. The fourth-order valence-electron chi connectivity index (χ4n) is 2.68. The van der Waals surface area contributed by atoms with Gasteiger partial charge in [-0.3, -0.25) is 10.1 Å². The normalized spacial score (nSPS) is 11.7. The van der Waals surface area contributed by atoms with E-state index in [1.807, 2.05) is 18.2 Å². The third-order valence-electron chi connectivity index (χ3n) is 4.09. The van der Waals surface area contributed by atoms with E-state index in [9.17, 15) is 14.0 Å². The number of carbonyl (C=O) groups is 2. The number of hydrogen-bond acceptors (Lipinski definition) is 5. The van der Waals surface area contributed by atoms with E-state index >= 15 is 0 Å². The maximum Gasteiger partial charge on any atom is 0.321 e. The van der Waals surface area contributed by atoms with Gasteiger partial charge in [-0.2, -0.15) is 0 Å². The van der Waals surface area contributed by atoms with Crippen LogP contribution in [-0.4, -0.2) is 33.2 Å². The van der Waals surface area contributed by atoms with Crippen molar-refractivity contribution in [3.8, 4) is 11.4 Å². The monoisotopic (exact) mass is 413 g/mol. The molecule has 0 fully saturated rings. The molecule has 0 saturated carbocycles. The van der Waals surface area contributed by atoms with E-state index in [2.05, 4.69) is 20.8 Å². The Labute approximate surface area is 171 Å². The second kappa shape index (κ2) is 9.33. The average molecular weight is 413 g/mol. The van der Waals surface area contributed by atoms with Crippen molar-refractivity contribution in [2.24, 2.45) is 7.05 Å². The number of benzene rings is 2. The summed E-state index contributed by atoms with van der Waals surface area (Å²) < 4.78 is 15.8. The van der Waals surface area contributed by atoms with Crippen LogP contribution in [0.4, 0.5) is 9.18 Å². The van der Waals surface area contributed by atoms with Crippen molar-refractivity contribution < 1.29 is 14.0 Å². The lowest BCUT2D eigenvalue weighted by molar-refractivity contribution is -0.119. The maximum absolute atomic E-state index is 14.1. The van der Waals surface area contributed by atoms with Gasteiger partial charge >= 0.3 is 6.03 Å². The van der Waals surface area contributed by atoms with Crippen molar-refractivity contribution in [2.45, 2.75) is 17.3 Å². The molecule has 150 valence electrons. The Morgan fingerprint density at radius 1 is 1.10 bits per heavy atom. The van der Waals surface area contributed by atoms with Crippen molar-refractivity contribution in [1.29, 1.82) is 0 Å². The standard InChI is InChI=1S/C20H20FN5O2S/c1-3-22-19(28)23-18(27)16(13-9-5-4-6-10-13)29-20-25-24-17(26(20)2)14-11-7-8-12-15(14)21/h4-12,16H,3H2,1-2H3,(H2,22,23,27,28)/t16-/m0/s1. The van der Waals surface area contributed by atoms with Gasteiger partial charge in [0.2, 0.25) is 5.91 Å². The van der Waals surface area contributed by atoms with Gasteiger partial charge in [0, 0.05) is 13.6 Å². The molecule has 2 N–H and O–H groups in total. The molecule has 0 bridgehead atoms. The van der Waals surface area contributed by atoms with Gasteiger partial charge in [-0.05, 0) is 24.6 Å². The molecule has 3 aromatic rings. The summed E-state index contributed by atoms with van der Waals surface area (Å²) in [5.74, 6) is -0.544. The zero-order chi connectivity index (χ0) is 20.8. The van der Waals surface area contributed by atoms with Crippen molar-refractivity contribution in [2.75, 3.05) is 6.54 Å². The van der Waals surface area contributed by atoms with E-state index in [0.29, 0.717) is 28.7 Å². The minimum atomic E-state index is -0.741. The van der Waals surface area contributed by atoms with Gasteiger partial charge in [0.25, 0.3) is 0 Å². The highest BCUT2D eigenvalue weighted by Gasteiger charge is 2.26. The summed E-state index contributed by atoms with van der Waals surface area (Å²) in [6, 6.07) is 14.8. The Balaban J connectivity index is 1.90. The van der Waals surface area contributed by atoms with Gasteiger partial charge in [-0.1, -0.05) is 54.2 Å². The summed E-state index contributed by atoms with van der Waals surface area (Å²) in [5.41, 5.74) is 1.02. The van der Waals surface area contributed by atoms with Crippen LogP contribution in [0.1, 0.15) is 17.7 Å². The van der Waals surface area contributed by atoms with Gasteiger partial charge in [-0.15, -0.1) is 10.2 Å². The SMILES string of the molecule is CCNC(=O)NC(=O)[C@@H](Sc1nnc(-c2ccccc2F)n1C)c1ccccc1. The minimum absolute atomic E-state index is 0.317. The Kier molecular flexibility index (Phi) is 6.61. The van der Waals surface area contributed by atoms with Crippen molar-refractivity contribution in [3.63, 3.8) is 0 Å². The van der Waals surface area contributed by atoms with Crippen LogP contribution in [0.15, 0.2) is 59.8 Å². The van der Waals surface area contributed by atoms with E-state index in [0.717, 1.165) is 11.8 Å². The van der Waals surface area contributed by atoms with Gasteiger partial charge in [-0.25, -0.2) is 9.18 Å². The molecule has 7 nitrogen and oxygen atoms in total. The van der Waals surface area contributed by atoms with Crippen molar-refractivity contribution in [1.82, 2.24) is 25.4 Å².